The molecule has 0 bridgehead atoms. The molecule has 32 heavy (non-hydrogen) atoms. The van der Waals surface area contributed by atoms with Crippen molar-refractivity contribution >= 4 is 22.9 Å². The highest BCUT2D eigenvalue weighted by Gasteiger charge is 2.28. The second-order valence-electron chi connectivity index (χ2n) is 8.23. The zero-order chi connectivity index (χ0) is 22.8. The minimum atomic E-state index is -0.539. The number of primary amides is 1. The van der Waals surface area contributed by atoms with E-state index in [4.69, 9.17) is 10.2 Å². The molecular weight excluding hydrogens is 412 g/mol. The quantitative estimate of drug-likeness (QED) is 0.505. The van der Waals surface area contributed by atoms with Gasteiger partial charge >= 0.3 is 5.76 Å². The molecule has 1 unspecified atom stereocenters. The van der Waals surface area contributed by atoms with Gasteiger partial charge in [0.15, 0.2) is 5.58 Å². The van der Waals surface area contributed by atoms with Crippen molar-refractivity contribution < 1.29 is 19.1 Å². The third kappa shape index (κ3) is 4.74. The third-order valence-corrected chi connectivity index (χ3v) is 5.93. The molecule has 0 spiro atoms. The van der Waals surface area contributed by atoms with E-state index in [2.05, 4.69) is 9.88 Å². The average Bonchev–Trinajstić information content (AvgIpc) is 3.35. The van der Waals surface area contributed by atoms with Crippen LogP contribution >= 0.6 is 0 Å². The lowest BCUT2D eigenvalue weighted by Crippen LogP contribution is -2.39. The Morgan fingerprint density at radius 2 is 2.12 bits per heavy atom. The SMILES string of the molecule is CN(C(=O)Cc1ccc2oc(=O)[nH]c2c1)[C@H](CN1CCC(O)C1)c1cccc(C(N)=O)c1. The van der Waals surface area contributed by atoms with Gasteiger partial charge in [-0.2, -0.15) is 0 Å². The number of rotatable bonds is 7. The van der Waals surface area contributed by atoms with Crippen LogP contribution in [0.25, 0.3) is 11.1 Å². The first-order valence-electron chi connectivity index (χ1n) is 10.5. The fraction of sp³-hybridized carbons (Fsp3) is 0.348. The topological polar surface area (TPSA) is 133 Å². The Morgan fingerprint density at radius 3 is 2.84 bits per heavy atom. The molecule has 4 rings (SSSR count). The van der Waals surface area contributed by atoms with E-state index in [1.165, 1.54) is 0 Å². The summed E-state index contributed by atoms with van der Waals surface area (Å²) in [5, 5.41) is 9.91. The normalized spacial score (nSPS) is 17.5. The van der Waals surface area contributed by atoms with Crippen molar-refractivity contribution in [3.8, 4) is 0 Å². The Kier molecular flexibility index (Phi) is 6.11. The van der Waals surface area contributed by atoms with Crippen molar-refractivity contribution in [2.24, 2.45) is 5.73 Å². The highest BCUT2D eigenvalue weighted by Crippen LogP contribution is 2.25. The number of fused-ring (bicyclic) bond motifs is 1. The number of likely N-dealkylation sites (tertiary alicyclic amines) is 1. The van der Waals surface area contributed by atoms with Gasteiger partial charge in [-0.15, -0.1) is 0 Å². The first-order valence-corrected chi connectivity index (χ1v) is 10.5. The second kappa shape index (κ2) is 8.97. The Labute approximate surface area is 184 Å². The van der Waals surface area contributed by atoms with Crippen molar-refractivity contribution in [2.75, 3.05) is 26.7 Å². The molecule has 2 amide bonds. The summed E-state index contributed by atoms with van der Waals surface area (Å²) in [6.45, 7) is 1.80. The van der Waals surface area contributed by atoms with Crippen LogP contribution in [0.2, 0.25) is 0 Å². The molecule has 168 valence electrons. The molecule has 4 N–H and O–H groups in total. The molecule has 1 saturated heterocycles. The first kappa shape index (κ1) is 21.8. The summed E-state index contributed by atoms with van der Waals surface area (Å²) in [4.78, 5) is 42.6. The number of hydrogen-bond donors (Lipinski definition) is 3. The number of aromatic nitrogens is 1. The van der Waals surface area contributed by atoms with Gasteiger partial charge in [0.1, 0.15) is 0 Å². The Bertz CT molecular complexity index is 1200. The molecule has 0 radical (unpaired) electrons. The second-order valence-corrected chi connectivity index (χ2v) is 8.23. The van der Waals surface area contributed by atoms with E-state index in [0.29, 0.717) is 36.2 Å². The summed E-state index contributed by atoms with van der Waals surface area (Å²) in [6.07, 6.45) is 0.445. The van der Waals surface area contributed by atoms with Gasteiger partial charge < -0.3 is 20.2 Å². The molecule has 0 aliphatic carbocycles. The van der Waals surface area contributed by atoms with Gasteiger partial charge in [-0.25, -0.2) is 4.79 Å². The number of benzene rings is 2. The molecule has 9 nitrogen and oxygen atoms in total. The zero-order valence-corrected chi connectivity index (χ0v) is 17.8. The lowest BCUT2D eigenvalue weighted by Gasteiger charge is -2.32. The van der Waals surface area contributed by atoms with Crippen LogP contribution in [0.4, 0.5) is 0 Å². The number of hydrogen-bond acceptors (Lipinski definition) is 6. The molecule has 0 saturated carbocycles. The molecule has 1 aliphatic rings. The van der Waals surface area contributed by atoms with Crippen LogP contribution in [-0.4, -0.2) is 64.5 Å². The van der Waals surface area contributed by atoms with Crippen molar-refractivity contribution in [1.82, 2.24) is 14.8 Å². The lowest BCUT2D eigenvalue weighted by molar-refractivity contribution is -0.131. The van der Waals surface area contributed by atoms with E-state index < -0.39 is 11.7 Å². The molecule has 2 atom stereocenters. The Morgan fingerprint density at radius 1 is 1.31 bits per heavy atom. The zero-order valence-electron chi connectivity index (χ0n) is 17.8. The van der Waals surface area contributed by atoms with Crippen LogP contribution in [-0.2, 0) is 11.2 Å². The van der Waals surface area contributed by atoms with Crippen molar-refractivity contribution in [2.45, 2.75) is 25.0 Å². The summed E-state index contributed by atoms with van der Waals surface area (Å²) >= 11 is 0. The number of nitrogens with one attached hydrogen (secondary N) is 1. The van der Waals surface area contributed by atoms with Crippen molar-refractivity contribution in [3.63, 3.8) is 0 Å². The maximum Gasteiger partial charge on any atom is 0.417 e. The number of aliphatic hydroxyl groups is 1. The van der Waals surface area contributed by atoms with E-state index >= 15 is 0 Å². The number of amides is 2. The van der Waals surface area contributed by atoms with Gasteiger partial charge in [-0.1, -0.05) is 18.2 Å². The number of β-amino-alcohol motifs (C(OH)–C–C–N with tert-alkyl or cyclic N) is 1. The van der Waals surface area contributed by atoms with Crippen molar-refractivity contribution in [3.05, 3.63) is 69.7 Å². The van der Waals surface area contributed by atoms with Crippen LogP contribution in [0.15, 0.2) is 51.7 Å². The molecule has 2 aromatic carbocycles. The van der Waals surface area contributed by atoms with Crippen LogP contribution < -0.4 is 11.5 Å². The maximum atomic E-state index is 13.2. The summed E-state index contributed by atoms with van der Waals surface area (Å²) in [6, 6.07) is 11.8. The summed E-state index contributed by atoms with van der Waals surface area (Å²) < 4.78 is 5.01. The Balaban J connectivity index is 1.58. The molecule has 1 fully saturated rings. The highest BCUT2D eigenvalue weighted by molar-refractivity contribution is 5.93. The van der Waals surface area contributed by atoms with Crippen LogP contribution in [0.1, 0.15) is 33.9 Å². The number of carbonyl (C=O) groups is 2. The number of likely N-dealkylation sites (N-methyl/N-ethyl adjacent to an activating group) is 1. The van der Waals surface area contributed by atoms with Crippen LogP contribution in [0.3, 0.4) is 0 Å². The average molecular weight is 438 g/mol. The summed E-state index contributed by atoms with van der Waals surface area (Å²) in [5.41, 5.74) is 8.35. The van der Waals surface area contributed by atoms with E-state index in [9.17, 15) is 19.5 Å². The molecule has 2 heterocycles. The summed E-state index contributed by atoms with van der Waals surface area (Å²) in [5.74, 6) is -1.19. The number of nitrogens with zero attached hydrogens (tertiary/aromatic N) is 2. The van der Waals surface area contributed by atoms with Crippen molar-refractivity contribution in [1.29, 1.82) is 0 Å². The fourth-order valence-electron chi connectivity index (χ4n) is 4.16. The number of oxazole rings is 1. The van der Waals surface area contributed by atoms with E-state index in [1.807, 2.05) is 6.07 Å². The Hall–Kier alpha value is -3.43. The monoisotopic (exact) mass is 438 g/mol. The van der Waals surface area contributed by atoms with Gasteiger partial charge in [0.2, 0.25) is 11.8 Å². The van der Waals surface area contributed by atoms with Gasteiger partial charge in [0.25, 0.3) is 0 Å². The number of nitrogens with two attached hydrogens (primary N) is 1. The maximum absolute atomic E-state index is 13.2. The lowest BCUT2D eigenvalue weighted by atomic mass is 10.0. The molecule has 1 aromatic heterocycles. The molecule has 1 aliphatic heterocycles. The molecule has 9 heteroatoms. The highest BCUT2D eigenvalue weighted by atomic mass is 16.4. The number of aliphatic hydroxyl groups excluding tert-OH is 1. The first-order chi connectivity index (χ1) is 15.3. The molecule has 3 aromatic rings. The van der Waals surface area contributed by atoms with Gasteiger partial charge in [0, 0.05) is 32.2 Å². The van der Waals surface area contributed by atoms with Gasteiger partial charge in [-0.05, 0) is 41.8 Å². The van der Waals surface area contributed by atoms with E-state index in [-0.39, 0.29) is 24.5 Å². The largest absolute Gasteiger partial charge is 0.417 e. The van der Waals surface area contributed by atoms with E-state index in [1.54, 1.807) is 48.3 Å². The standard InChI is InChI=1S/C23H26N4O5/c1-26(21(29)10-14-5-6-20-18(9-14)25-23(31)32-20)19(13-27-8-7-17(28)12-27)15-3-2-4-16(11-15)22(24)30/h2-6,9,11,17,19,28H,7-8,10,12-13H2,1H3,(H2,24,30)(H,25,31)/t17?,19-/m1/s1. The minimum absolute atomic E-state index is 0.121. The van der Waals surface area contributed by atoms with Gasteiger partial charge in [-0.3, -0.25) is 19.5 Å². The van der Waals surface area contributed by atoms with E-state index in [0.717, 1.165) is 17.7 Å². The van der Waals surface area contributed by atoms with Crippen LogP contribution in [0, 0.1) is 0 Å². The third-order valence-electron chi connectivity index (χ3n) is 5.93. The predicted molar refractivity (Wildman–Crippen MR) is 118 cm³/mol. The molecular formula is C23H26N4O5. The predicted octanol–water partition coefficient (Wildman–Crippen LogP) is 1.03. The number of aromatic amines is 1. The minimum Gasteiger partial charge on any atom is -0.408 e. The fourth-order valence-corrected chi connectivity index (χ4v) is 4.16. The summed E-state index contributed by atoms with van der Waals surface area (Å²) in [7, 11) is 1.73. The van der Waals surface area contributed by atoms with Crippen LogP contribution in [0.5, 0.6) is 0 Å². The number of H-pyrrole nitrogens is 1. The van der Waals surface area contributed by atoms with Gasteiger partial charge in [0.05, 0.1) is 24.1 Å². The number of carbonyl (C=O) groups excluding carboxylic acids is 2. The smallest absolute Gasteiger partial charge is 0.408 e.